The lowest BCUT2D eigenvalue weighted by atomic mass is 10.1. The number of hydrogen-bond acceptors (Lipinski definition) is 4. The number of nitrogens with zero attached hydrogens (tertiary/aromatic N) is 2. The van der Waals surface area contributed by atoms with Crippen molar-refractivity contribution in [2.45, 2.75) is 32.9 Å². The topological polar surface area (TPSA) is 61.6 Å². The van der Waals surface area contributed by atoms with Gasteiger partial charge < -0.3 is 9.72 Å². The second-order valence-electron chi connectivity index (χ2n) is 7.54. The molecule has 5 nitrogen and oxygen atoms in total. The first-order valence-corrected chi connectivity index (χ1v) is 8.96. The summed E-state index contributed by atoms with van der Waals surface area (Å²) in [6, 6.07) is 14.3. The van der Waals surface area contributed by atoms with Gasteiger partial charge in [-0.15, -0.1) is 0 Å². The normalized spacial score (nSPS) is 12.0. The average molecular weight is 362 g/mol. The van der Waals surface area contributed by atoms with Crippen LogP contribution in [0.1, 0.15) is 32.0 Å². The lowest BCUT2D eigenvalue weighted by Gasteiger charge is -2.20. The quantitative estimate of drug-likeness (QED) is 0.449. The van der Waals surface area contributed by atoms with Crippen molar-refractivity contribution in [3.05, 3.63) is 78.3 Å². The number of aromatic nitrogens is 2. The third-order valence-electron chi connectivity index (χ3n) is 4.20. The van der Waals surface area contributed by atoms with E-state index in [0.29, 0.717) is 5.70 Å². The van der Waals surface area contributed by atoms with Crippen LogP contribution in [0, 0.1) is 0 Å². The first kappa shape index (κ1) is 18.9. The summed E-state index contributed by atoms with van der Waals surface area (Å²) < 4.78 is 2.12. The van der Waals surface area contributed by atoms with Crippen molar-refractivity contribution in [2.75, 3.05) is 0 Å². The summed E-state index contributed by atoms with van der Waals surface area (Å²) in [5, 5.41) is 12.4. The molecule has 0 atom stereocenters. The number of benzene rings is 1. The Morgan fingerprint density at radius 2 is 1.96 bits per heavy atom. The summed E-state index contributed by atoms with van der Waals surface area (Å²) in [6.07, 6.45) is 5.63. The van der Waals surface area contributed by atoms with Gasteiger partial charge in [0.05, 0.1) is 17.1 Å². The lowest BCUT2D eigenvalue weighted by molar-refractivity contribution is 0.205. The lowest BCUT2D eigenvalue weighted by Crippen LogP contribution is -2.35. The Bertz CT molecular complexity index is 965. The molecule has 27 heavy (non-hydrogen) atoms. The predicted octanol–water partition coefficient (Wildman–Crippen LogP) is 4.40. The molecule has 2 heterocycles. The van der Waals surface area contributed by atoms with Crippen LogP contribution in [0.5, 0.6) is 0 Å². The van der Waals surface area contributed by atoms with Crippen molar-refractivity contribution in [3.63, 3.8) is 0 Å². The molecule has 0 fully saturated rings. The van der Waals surface area contributed by atoms with E-state index in [2.05, 4.69) is 49.2 Å². The van der Waals surface area contributed by atoms with Crippen LogP contribution in [0.15, 0.2) is 67.0 Å². The molecule has 3 rings (SSSR count). The highest BCUT2D eigenvalue weighted by atomic mass is 16.5. The summed E-state index contributed by atoms with van der Waals surface area (Å²) in [4.78, 5) is 4.89. The van der Waals surface area contributed by atoms with Crippen molar-refractivity contribution < 1.29 is 5.21 Å². The third-order valence-corrected chi connectivity index (χ3v) is 4.20. The molecule has 0 bridgehead atoms. The van der Waals surface area contributed by atoms with E-state index in [1.807, 2.05) is 48.1 Å². The summed E-state index contributed by atoms with van der Waals surface area (Å²) in [6.45, 7) is 10.9. The Kier molecular flexibility index (Phi) is 5.44. The molecular formula is C22H26N4O. The molecule has 0 spiro atoms. The molecular weight excluding hydrogens is 336 g/mol. The minimum absolute atomic E-state index is 0.0123. The fourth-order valence-corrected chi connectivity index (χ4v) is 2.79. The molecule has 2 aromatic heterocycles. The van der Waals surface area contributed by atoms with Crippen molar-refractivity contribution >= 4 is 11.7 Å². The van der Waals surface area contributed by atoms with Gasteiger partial charge in [0.1, 0.15) is 5.65 Å². The number of rotatable bonds is 6. The number of pyridine rings is 1. The van der Waals surface area contributed by atoms with Gasteiger partial charge in [-0.1, -0.05) is 43.0 Å². The predicted molar refractivity (Wildman–Crippen MR) is 110 cm³/mol. The van der Waals surface area contributed by atoms with Crippen LogP contribution in [0.2, 0.25) is 0 Å². The second-order valence-corrected chi connectivity index (χ2v) is 7.54. The summed E-state index contributed by atoms with van der Waals surface area (Å²) in [5.41, 5.74) is 7.54. The SMILES string of the molecule is C=C(/C=C/c1ccn2c(CNC(C)(C)C)c(-c3ccccc3)nc2c1)NO. The monoisotopic (exact) mass is 362 g/mol. The molecule has 0 saturated carbocycles. The van der Waals surface area contributed by atoms with E-state index in [1.54, 1.807) is 6.08 Å². The van der Waals surface area contributed by atoms with Gasteiger partial charge in [-0.05, 0) is 44.5 Å². The second kappa shape index (κ2) is 7.78. The number of fused-ring (bicyclic) bond motifs is 1. The van der Waals surface area contributed by atoms with E-state index in [4.69, 9.17) is 10.2 Å². The van der Waals surface area contributed by atoms with Gasteiger partial charge in [-0.2, -0.15) is 0 Å². The van der Waals surface area contributed by atoms with Gasteiger partial charge in [0.15, 0.2) is 0 Å². The van der Waals surface area contributed by atoms with Gasteiger partial charge in [0.25, 0.3) is 0 Å². The highest BCUT2D eigenvalue weighted by Crippen LogP contribution is 2.25. The first-order chi connectivity index (χ1) is 12.9. The molecule has 3 N–H and O–H groups in total. The van der Waals surface area contributed by atoms with Crippen molar-refractivity contribution in [1.82, 2.24) is 20.2 Å². The maximum absolute atomic E-state index is 8.85. The number of hydroxylamine groups is 1. The Hall–Kier alpha value is -2.89. The smallest absolute Gasteiger partial charge is 0.138 e. The molecule has 1 aromatic carbocycles. The fourth-order valence-electron chi connectivity index (χ4n) is 2.79. The zero-order valence-corrected chi connectivity index (χ0v) is 16.0. The maximum Gasteiger partial charge on any atom is 0.138 e. The molecule has 3 aromatic rings. The van der Waals surface area contributed by atoms with Crippen LogP contribution < -0.4 is 10.8 Å². The molecule has 0 radical (unpaired) electrons. The number of allylic oxidation sites excluding steroid dienone is 1. The standard InChI is InChI=1S/C22H26N4O/c1-16(25-27)10-11-17-12-13-26-19(15-23-22(2,3)4)21(24-20(26)14-17)18-8-6-5-7-9-18/h5-14,23,25,27H,1,15H2,2-4H3/b11-10+. The number of nitrogens with one attached hydrogen (secondary N) is 2. The van der Waals surface area contributed by atoms with Gasteiger partial charge >= 0.3 is 0 Å². The Morgan fingerprint density at radius 1 is 1.22 bits per heavy atom. The van der Waals surface area contributed by atoms with Crippen LogP contribution in [0.3, 0.4) is 0 Å². The molecule has 0 amide bonds. The minimum atomic E-state index is 0.0123. The van der Waals surface area contributed by atoms with Crippen molar-refractivity contribution in [3.8, 4) is 11.3 Å². The molecule has 0 aliphatic rings. The Morgan fingerprint density at radius 3 is 2.63 bits per heavy atom. The molecule has 0 aliphatic carbocycles. The summed E-state index contributed by atoms with van der Waals surface area (Å²) in [5.74, 6) is 0. The number of hydrogen-bond donors (Lipinski definition) is 3. The van der Waals surface area contributed by atoms with E-state index in [9.17, 15) is 0 Å². The van der Waals surface area contributed by atoms with E-state index in [0.717, 1.165) is 34.7 Å². The van der Waals surface area contributed by atoms with Gasteiger partial charge in [0, 0.05) is 23.8 Å². The molecule has 0 saturated heterocycles. The van der Waals surface area contributed by atoms with Gasteiger partial charge in [-0.25, -0.2) is 4.98 Å². The van der Waals surface area contributed by atoms with Gasteiger partial charge in [0.2, 0.25) is 0 Å². The van der Waals surface area contributed by atoms with E-state index < -0.39 is 0 Å². The van der Waals surface area contributed by atoms with E-state index in [1.165, 1.54) is 0 Å². The minimum Gasteiger partial charge on any atom is -0.306 e. The van der Waals surface area contributed by atoms with Crippen LogP contribution >= 0.6 is 0 Å². The summed E-state index contributed by atoms with van der Waals surface area (Å²) >= 11 is 0. The number of imidazole rings is 1. The Labute approximate surface area is 160 Å². The molecule has 0 unspecified atom stereocenters. The van der Waals surface area contributed by atoms with Crippen LogP contribution in [-0.2, 0) is 6.54 Å². The van der Waals surface area contributed by atoms with Crippen molar-refractivity contribution in [2.24, 2.45) is 0 Å². The van der Waals surface area contributed by atoms with Gasteiger partial charge in [-0.3, -0.25) is 10.7 Å². The molecule has 140 valence electrons. The van der Waals surface area contributed by atoms with Crippen LogP contribution in [0.25, 0.3) is 23.0 Å². The summed E-state index contributed by atoms with van der Waals surface area (Å²) in [7, 11) is 0. The highest BCUT2D eigenvalue weighted by molar-refractivity contribution is 5.68. The van der Waals surface area contributed by atoms with Crippen LogP contribution in [0.4, 0.5) is 0 Å². The van der Waals surface area contributed by atoms with Crippen LogP contribution in [-0.4, -0.2) is 20.1 Å². The Balaban J connectivity index is 2.06. The third kappa shape index (κ3) is 4.64. The molecule has 0 aliphatic heterocycles. The average Bonchev–Trinajstić information content (AvgIpc) is 3.02. The van der Waals surface area contributed by atoms with E-state index in [-0.39, 0.29) is 5.54 Å². The maximum atomic E-state index is 8.85. The zero-order valence-electron chi connectivity index (χ0n) is 16.0. The highest BCUT2D eigenvalue weighted by Gasteiger charge is 2.17. The first-order valence-electron chi connectivity index (χ1n) is 8.96. The van der Waals surface area contributed by atoms with Crippen molar-refractivity contribution in [1.29, 1.82) is 0 Å². The van der Waals surface area contributed by atoms with E-state index >= 15 is 0 Å². The largest absolute Gasteiger partial charge is 0.306 e. The fraction of sp³-hybridized carbons (Fsp3) is 0.227. The molecule has 5 heteroatoms. The zero-order chi connectivity index (χ0) is 19.4.